The van der Waals surface area contributed by atoms with Gasteiger partial charge in [-0.15, -0.1) is 0 Å². The number of carbonyl (C=O) groups is 1. The lowest BCUT2D eigenvalue weighted by Gasteiger charge is -2.25. The minimum Gasteiger partial charge on any atom is -0.378 e. The number of pyridine rings is 1. The smallest absolute Gasteiger partial charge is 0.223 e. The van der Waals surface area contributed by atoms with E-state index in [-0.39, 0.29) is 11.9 Å². The summed E-state index contributed by atoms with van der Waals surface area (Å²) in [6.45, 7) is 2.93. The molecule has 0 bridgehead atoms. The van der Waals surface area contributed by atoms with Crippen LogP contribution in [0.25, 0.3) is 0 Å². The maximum atomic E-state index is 12.1. The highest BCUT2D eigenvalue weighted by molar-refractivity contribution is 5.76. The third-order valence-electron chi connectivity index (χ3n) is 3.33. The van der Waals surface area contributed by atoms with E-state index in [1.54, 1.807) is 17.3 Å². The van der Waals surface area contributed by atoms with Gasteiger partial charge in [-0.25, -0.2) is 0 Å². The van der Waals surface area contributed by atoms with E-state index in [0.717, 1.165) is 26.1 Å². The molecule has 1 N–H and O–H groups in total. The number of ether oxygens (including phenoxy) is 1. The SMILES string of the molecule is CN(CCc1ccncc1)C(=O)CC1COCCN1. The summed E-state index contributed by atoms with van der Waals surface area (Å²) in [5.41, 5.74) is 1.20. The number of morpholine rings is 1. The highest BCUT2D eigenvalue weighted by Gasteiger charge is 2.18. The minimum atomic E-state index is 0.157. The highest BCUT2D eigenvalue weighted by Crippen LogP contribution is 2.04. The van der Waals surface area contributed by atoms with E-state index in [9.17, 15) is 4.79 Å². The van der Waals surface area contributed by atoms with Gasteiger partial charge in [0.05, 0.1) is 13.2 Å². The zero-order chi connectivity index (χ0) is 13.5. The molecule has 104 valence electrons. The molecule has 2 rings (SSSR count). The van der Waals surface area contributed by atoms with Crippen LogP contribution in [0.5, 0.6) is 0 Å². The maximum absolute atomic E-state index is 12.1. The van der Waals surface area contributed by atoms with Crippen molar-refractivity contribution in [2.75, 3.05) is 33.4 Å². The number of likely N-dealkylation sites (N-methyl/N-ethyl adjacent to an activating group) is 1. The topological polar surface area (TPSA) is 54.5 Å². The fourth-order valence-electron chi connectivity index (χ4n) is 2.09. The molecule has 1 atom stereocenters. The van der Waals surface area contributed by atoms with Crippen molar-refractivity contribution in [1.29, 1.82) is 0 Å². The van der Waals surface area contributed by atoms with E-state index in [4.69, 9.17) is 4.74 Å². The van der Waals surface area contributed by atoms with Crippen LogP contribution in [-0.4, -0.2) is 55.2 Å². The van der Waals surface area contributed by atoms with Crippen molar-refractivity contribution >= 4 is 5.91 Å². The van der Waals surface area contributed by atoms with Crippen molar-refractivity contribution in [3.63, 3.8) is 0 Å². The number of carbonyl (C=O) groups excluding carboxylic acids is 1. The van der Waals surface area contributed by atoms with E-state index in [0.29, 0.717) is 13.0 Å². The molecule has 0 spiro atoms. The predicted octanol–water partition coefficient (Wildman–Crippen LogP) is 0.461. The first kappa shape index (κ1) is 14.0. The summed E-state index contributed by atoms with van der Waals surface area (Å²) in [6.07, 6.45) is 4.92. The molecule has 1 unspecified atom stereocenters. The predicted molar refractivity (Wildman–Crippen MR) is 72.8 cm³/mol. The van der Waals surface area contributed by atoms with Crippen molar-refractivity contribution < 1.29 is 9.53 Å². The summed E-state index contributed by atoms with van der Waals surface area (Å²) in [7, 11) is 1.85. The van der Waals surface area contributed by atoms with Gasteiger partial charge in [0.25, 0.3) is 0 Å². The van der Waals surface area contributed by atoms with Gasteiger partial charge in [-0.3, -0.25) is 9.78 Å². The van der Waals surface area contributed by atoms with Gasteiger partial charge < -0.3 is 15.0 Å². The molecular weight excluding hydrogens is 242 g/mol. The fraction of sp³-hybridized carbons (Fsp3) is 0.571. The second-order valence-electron chi connectivity index (χ2n) is 4.85. The Bertz CT molecular complexity index is 391. The summed E-state index contributed by atoms with van der Waals surface area (Å²) < 4.78 is 5.35. The number of nitrogens with zero attached hydrogens (tertiary/aromatic N) is 2. The van der Waals surface area contributed by atoms with Crippen LogP contribution in [0.1, 0.15) is 12.0 Å². The molecule has 5 heteroatoms. The lowest BCUT2D eigenvalue weighted by molar-refractivity contribution is -0.131. The van der Waals surface area contributed by atoms with Gasteiger partial charge in [0.1, 0.15) is 0 Å². The summed E-state index contributed by atoms with van der Waals surface area (Å²) in [6, 6.07) is 4.12. The van der Waals surface area contributed by atoms with Gasteiger partial charge >= 0.3 is 0 Å². The zero-order valence-electron chi connectivity index (χ0n) is 11.3. The van der Waals surface area contributed by atoms with Crippen LogP contribution in [0.4, 0.5) is 0 Å². The first-order chi connectivity index (χ1) is 9.25. The number of rotatable bonds is 5. The Morgan fingerprint density at radius 3 is 3.00 bits per heavy atom. The summed E-state index contributed by atoms with van der Waals surface area (Å²) in [4.78, 5) is 17.8. The van der Waals surface area contributed by atoms with E-state index < -0.39 is 0 Å². The number of amides is 1. The molecule has 0 saturated carbocycles. The second kappa shape index (κ2) is 7.21. The Hall–Kier alpha value is -1.46. The Kier molecular flexibility index (Phi) is 5.30. The standard InChI is InChI=1S/C14H21N3O2/c1-17(8-4-12-2-5-15-6-3-12)14(18)10-13-11-19-9-7-16-13/h2-3,5-6,13,16H,4,7-11H2,1H3. The van der Waals surface area contributed by atoms with Crippen molar-refractivity contribution in [1.82, 2.24) is 15.2 Å². The average molecular weight is 263 g/mol. The zero-order valence-corrected chi connectivity index (χ0v) is 11.3. The molecule has 0 radical (unpaired) electrons. The van der Waals surface area contributed by atoms with Gasteiger partial charge in [0.15, 0.2) is 0 Å². The van der Waals surface area contributed by atoms with Crippen LogP contribution in [0.15, 0.2) is 24.5 Å². The maximum Gasteiger partial charge on any atom is 0.223 e. The summed E-state index contributed by atoms with van der Waals surface area (Å²) >= 11 is 0. The molecule has 2 heterocycles. The van der Waals surface area contributed by atoms with Crippen LogP contribution in [-0.2, 0) is 16.0 Å². The van der Waals surface area contributed by atoms with Gasteiger partial charge in [-0.05, 0) is 24.1 Å². The fourth-order valence-corrected chi connectivity index (χ4v) is 2.09. The van der Waals surface area contributed by atoms with Gasteiger partial charge in [0.2, 0.25) is 5.91 Å². The molecule has 1 aromatic rings. The van der Waals surface area contributed by atoms with Crippen molar-refractivity contribution in [3.05, 3.63) is 30.1 Å². The molecular formula is C14H21N3O2. The van der Waals surface area contributed by atoms with Crippen LogP contribution < -0.4 is 5.32 Å². The molecule has 0 aliphatic carbocycles. The molecule has 1 saturated heterocycles. The Labute approximate surface area is 114 Å². The normalized spacial score (nSPS) is 19.1. The molecule has 1 aliphatic rings. The Morgan fingerprint density at radius 2 is 2.32 bits per heavy atom. The highest BCUT2D eigenvalue weighted by atomic mass is 16.5. The van der Waals surface area contributed by atoms with E-state index in [1.165, 1.54) is 5.56 Å². The molecule has 1 amide bonds. The van der Waals surface area contributed by atoms with Crippen molar-refractivity contribution in [2.45, 2.75) is 18.9 Å². The summed E-state index contributed by atoms with van der Waals surface area (Å²) in [5.74, 6) is 0.164. The van der Waals surface area contributed by atoms with E-state index in [2.05, 4.69) is 10.3 Å². The molecule has 5 nitrogen and oxygen atoms in total. The number of nitrogens with one attached hydrogen (secondary N) is 1. The monoisotopic (exact) mass is 263 g/mol. The minimum absolute atomic E-state index is 0.157. The third kappa shape index (κ3) is 4.61. The number of hydrogen-bond acceptors (Lipinski definition) is 4. The third-order valence-corrected chi connectivity index (χ3v) is 3.33. The molecule has 1 fully saturated rings. The van der Waals surface area contributed by atoms with Crippen LogP contribution in [0.3, 0.4) is 0 Å². The first-order valence-corrected chi connectivity index (χ1v) is 6.69. The molecule has 19 heavy (non-hydrogen) atoms. The van der Waals surface area contributed by atoms with Gasteiger partial charge in [-0.1, -0.05) is 0 Å². The van der Waals surface area contributed by atoms with E-state index in [1.807, 2.05) is 19.2 Å². The van der Waals surface area contributed by atoms with Crippen molar-refractivity contribution in [2.24, 2.45) is 0 Å². The van der Waals surface area contributed by atoms with Gasteiger partial charge in [-0.2, -0.15) is 0 Å². The van der Waals surface area contributed by atoms with Crippen LogP contribution >= 0.6 is 0 Å². The molecule has 1 aliphatic heterocycles. The largest absolute Gasteiger partial charge is 0.378 e. The number of aromatic nitrogens is 1. The molecule has 0 aromatic carbocycles. The lowest BCUT2D eigenvalue weighted by Crippen LogP contribution is -2.44. The first-order valence-electron chi connectivity index (χ1n) is 6.69. The quantitative estimate of drug-likeness (QED) is 0.838. The number of hydrogen-bond donors (Lipinski definition) is 1. The average Bonchev–Trinajstić information content (AvgIpc) is 2.47. The van der Waals surface area contributed by atoms with Crippen LogP contribution in [0.2, 0.25) is 0 Å². The second-order valence-corrected chi connectivity index (χ2v) is 4.85. The molecule has 1 aromatic heterocycles. The summed E-state index contributed by atoms with van der Waals surface area (Å²) in [5, 5.41) is 3.30. The Balaban J connectivity index is 1.72. The van der Waals surface area contributed by atoms with Gasteiger partial charge in [0, 0.05) is 45.0 Å². The van der Waals surface area contributed by atoms with E-state index >= 15 is 0 Å². The van der Waals surface area contributed by atoms with Crippen LogP contribution in [0, 0.1) is 0 Å². The Morgan fingerprint density at radius 1 is 1.53 bits per heavy atom. The lowest BCUT2D eigenvalue weighted by atomic mass is 10.1. The van der Waals surface area contributed by atoms with Crippen molar-refractivity contribution in [3.8, 4) is 0 Å².